The molecule has 1 N–H and O–H groups in total. The number of nitrogens with one attached hydrogen (secondary N) is 1. The average Bonchev–Trinajstić information content (AvgIpc) is 2.38. The van der Waals surface area contributed by atoms with E-state index in [-0.39, 0.29) is 0 Å². The van der Waals surface area contributed by atoms with Gasteiger partial charge in [-0.1, -0.05) is 13.8 Å². The van der Waals surface area contributed by atoms with E-state index in [4.69, 9.17) is 9.47 Å². The van der Waals surface area contributed by atoms with Crippen LogP contribution in [0.4, 0.5) is 0 Å². The van der Waals surface area contributed by atoms with Crippen LogP contribution in [0.3, 0.4) is 0 Å². The van der Waals surface area contributed by atoms with E-state index in [0.717, 1.165) is 11.5 Å². The minimum Gasteiger partial charge on any atom is -0.486 e. The predicted octanol–water partition coefficient (Wildman–Crippen LogP) is 2.85. The molecule has 0 saturated heterocycles. The van der Waals surface area contributed by atoms with E-state index in [2.05, 4.69) is 31.3 Å². The molecule has 0 bridgehead atoms. The summed E-state index contributed by atoms with van der Waals surface area (Å²) in [6, 6.07) is 4.69. The molecule has 0 radical (unpaired) electrons. The van der Waals surface area contributed by atoms with E-state index in [1.165, 1.54) is 10.5 Å². The Morgan fingerprint density at radius 1 is 1.17 bits per heavy atom. The van der Waals surface area contributed by atoms with Gasteiger partial charge in [0.15, 0.2) is 11.5 Å². The maximum Gasteiger partial charge on any atom is 0.162 e. The van der Waals surface area contributed by atoms with Crippen LogP contribution in [0.2, 0.25) is 0 Å². The highest BCUT2D eigenvalue weighted by atomic mass is 32.2. The first-order chi connectivity index (χ1) is 8.70. The summed E-state index contributed by atoms with van der Waals surface area (Å²) in [5.74, 6) is 2.39. The van der Waals surface area contributed by atoms with Crippen LogP contribution in [0, 0.1) is 5.92 Å². The van der Waals surface area contributed by atoms with Gasteiger partial charge in [0.1, 0.15) is 13.2 Å². The second-order valence-corrected chi connectivity index (χ2v) is 6.40. The Morgan fingerprint density at radius 3 is 2.50 bits per heavy atom. The highest BCUT2D eigenvalue weighted by molar-refractivity contribution is 8.00. The molecule has 1 aromatic carbocycles. The van der Waals surface area contributed by atoms with E-state index in [0.29, 0.717) is 30.4 Å². The van der Waals surface area contributed by atoms with Gasteiger partial charge in [-0.3, -0.25) is 0 Å². The van der Waals surface area contributed by atoms with Crippen molar-refractivity contribution in [2.75, 3.05) is 20.3 Å². The summed E-state index contributed by atoms with van der Waals surface area (Å²) in [5.41, 5.74) is 1.34. The van der Waals surface area contributed by atoms with E-state index < -0.39 is 0 Å². The Kier molecular flexibility index (Phi) is 3.16. The molecular weight excluding hydrogens is 246 g/mol. The highest BCUT2D eigenvalue weighted by Crippen LogP contribution is 2.48. The summed E-state index contributed by atoms with van der Waals surface area (Å²) in [6.07, 6.45) is 0. The van der Waals surface area contributed by atoms with E-state index >= 15 is 0 Å². The third-order valence-electron chi connectivity index (χ3n) is 3.90. The van der Waals surface area contributed by atoms with Crippen LogP contribution in [-0.2, 0) is 0 Å². The van der Waals surface area contributed by atoms with Crippen LogP contribution in [-0.4, -0.2) is 25.5 Å². The van der Waals surface area contributed by atoms with Crippen LogP contribution in [0.25, 0.3) is 0 Å². The van der Waals surface area contributed by atoms with E-state index in [9.17, 15) is 0 Å². The molecule has 98 valence electrons. The van der Waals surface area contributed by atoms with Crippen molar-refractivity contribution in [2.45, 2.75) is 30.0 Å². The Bertz CT molecular complexity index is 463. The predicted molar refractivity (Wildman–Crippen MR) is 73.7 cm³/mol. The molecule has 0 fully saturated rings. The number of hydrogen-bond acceptors (Lipinski definition) is 4. The maximum absolute atomic E-state index is 5.68. The van der Waals surface area contributed by atoms with Gasteiger partial charge in [0.2, 0.25) is 0 Å². The third-order valence-corrected chi connectivity index (χ3v) is 5.31. The summed E-state index contributed by atoms with van der Waals surface area (Å²) in [5, 5.41) is 4.05. The van der Waals surface area contributed by atoms with Gasteiger partial charge in [0, 0.05) is 16.2 Å². The summed E-state index contributed by atoms with van der Waals surface area (Å²) >= 11 is 1.94. The zero-order chi connectivity index (χ0) is 12.7. The second kappa shape index (κ2) is 4.67. The summed E-state index contributed by atoms with van der Waals surface area (Å²) < 4.78 is 11.3. The van der Waals surface area contributed by atoms with Crippen LogP contribution < -0.4 is 14.8 Å². The van der Waals surface area contributed by atoms with Crippen LogP contribution in [0.15, 0.2) is 17.0 Å². The topological polar surface area (TPSA) is 30.5 Å². The van der Waals surface area contributed by atoms with Crippen molar-refractivity contribution in [3.8, 4) is 11.5 Å². The first-order valence-electron chi connectivity index (χ1n) is 6.48. The number of fused-ring (bicyclic) bond motifs is 2. The Labute approximate surface area is 112 Å². The van der Waals surface area contributed by atoms with Gasteiger partial charge in [-0.2, -0.15) is 0 Å². The van der Waals surface area contributed by atoms with E-state index in [1.807, 2.05) is 18.8 Å². The second-order valence-electron chi connectivity index (χ2n) is 4.98. The summed E-state index contributed by atoms with van der Waals surface area (Å²) in [6.45, 7) is 5.89. The van der Waals surface area contributed by atoms with Gasteiger partial charge in [-0.25, -0.2) is 0 Å². The number of thioether (sulfide) groups is 1. The molecule has 0 aromatic heterocycles. The van der Waals surface area contributed by atoms with Crippen LogP contribution in [0.1, 0.15) is 25.5 Å². The Morgan fingerprint density at radius 2 is 1.83 bits per heavy atom. The van der Waals surface area contributed by atoms with Gasteiger partial charge in [0.05, 0.1) is 0 Å². The molecule has 3 atom stereocenters. The third kappa shape index (κ3) is 1.88. The number of hydrogen-bond donors (Lipinski definition) is 1. The lowest BCUT2D eigenvalue weighted by Crippen LogP contribution is -2.32. The SMILES string of the molecule is CNC1c2cc3c(cc2SC(C)C1C)OCCO3. The molecule has 3 nitrogen and oxygen atoms in total. The highest BCUT2D eigenvalue weighted by Gasteiger charge is 2.32. The monoisotopic (exact) mass is 265 g/mol. The Hall–Kier alpha value is -0.870. The smallest absolute Gasteiger partial charge is 0.162 e. The fourth-order valence-electron chi connectivity index (χ4n) is 2.71. The lowest BCUT2D eigenvalue weighted by molar-refractivity contribution is 0.170. The molecule has 3 rings (SSSR count). The van der Waals surface area contributed by atoms with Crippen molar-refractivity contribution in [2.24, 2.45) is 5.92 Å². The zero-order valence-electron chi connectivity index (χ0n) is 11.0. The van der Waals surface area contributed by atoms with Crippen molar-refractivity contribution in [3.05, 3.63) is 17.7 Å². The molecule has 0 saturated carbocycles. The molecule has 2 aliphatic rings. The molecule has 0 amide bonds. The first-order valence-corrected chi connectivity index (χ1v) is 7.36. The summed E-state index contributed by atoms with van der Waals surface area (Å²) in [7, 11) is 2.03. The van der Waals surface area contributed by atoms with Crippen molar-refractivity contribution >= 4 is 11.8 Å². The van der Waals surface area contributed by atoms with Crippen molar-refractivity contribution < 1.29 is 9.47 Å². The van der Waals surface area contributed by atoms with Crippen molar-refractivity contribution in [1.29, 1.82) is 0 Å². The molecule has 0 aliphatic carbocycles. The minimum atomic E-state index is 0.395. The lowest BCUT2D eigenvalue weighted by Gasteiger charge is -2.36. The lowest BCUT2D eigenvalue weighted by atomic mass is 9.91. The zero-order valence-corrected chi connectivity index (χ0v) is 11.8. The molecular formula is C14H19NO2S. The normalized spacial score (nSPS) is 29.8. The fraction of sp³-hybridized carbons (Fsp3) is 0.571. The van der Waals surface area contributed by atoms with E-state index in [1.54, 1.807) is 0 Å². The number of rotatable bonds is 1. The van der Waals surface area contributed by atoms with Gasteiger partial charge >= 0.3 is 0 Å². The molecule has 3 unspecified atom stereocenters. The fourth-order valence-corrected chi connectivity index (χ4v) is 3.98. The molecule has 2 aliphatic heterocycles. The van der Waals surface area contributed by atoms with Gasteiger partial charge in [-0.15, -0.1) is 11.8 Å². The van der Waals surface area contributed by atoms with Crippen molar-refractivity contribution in [1.82, 2.24) is 5.32 Å². The number of benzene rings is 1. The quantitative estimate of drug-likeness (QED) is 0.846. The standard InChI is InChI=1S/C14H19NO2S/c1-8-9(2)18-13-7-12-11(16-4-5-17-12)6-10(13)14(8)15-3/h6-9,14-15H,4-5H2,1-3H3. The minimum absolute atomic E-state index is 0.395. The van der Waals surface area contributed by atoms with Gasteiger partial charge < -0.3 is 14.8 Å². The van der Waals surface area contributed by atoms with Crippen LogP contribution >= 0.6 is 11.8 Å². The summed E-state index contributed by atoms with van der Waals surface area (Å²) in [4.78, 5) is 1.32. The maximum atomic E-state index is 5.68. The molecule has 18 heavy (non-hydrogen) atoms. The molecule has 2 heterocycles. The molecule has 1 aromatic rings. The first kappa shape index (κ1) is 12.2. The largest absolute Gasteiger partial charge is 0.486 e. The average molecular weight is 265 g/mol. The van der Waals surface area contributed by atoms with Crippen LogP contribution in [0.5, 0.6) is 11.5 Å². The Balaban J connectivity index is 2.07. The van der Waals surface area contributed by atoms with Gasteiger partial charge in [-0.05, 0) is 30.7 Å². The number of ether oxygens (including phenoxy) is 2. The van der Waals surface area contributed by atoms with Gasteiger partial charge in [0.25, 0.3) is 0 Å². The molecule has 4 heteroatoms. The molecule has 0 spiro atoms. The van der Waals surface area contributed by atoms with Crippen molar-refractivity contribution in [3.63, 3.8) is 0 Å².